The molecule has 1 saturated carbocycles. The molecule has 0 spiro atoms. The average molecular weight is 369 g/mol. The van der Waals surface area contributed by atoms with Gasteiger partial charge in [-0.2, -0.15) is 0 Å². The molecule has 1 aromatic carbocycles. The van der Waals surface area contributed by atoms with Crippen LogP contribution in [0.15, 0.2) is 27.6 Å². The molecule has 0 atom stereocenters. The summed E-state index contributed by atoms with van der Waals surface area (Å²) in [4.78, 5) is 11.0. The zero-order valence-corrected chi connectivity index (χ0v) is 12.8. The summed E-state index contributed by atoms with van der Waals surface area (Å²) >= 11 is 8.94. The van der Waals surface area contributed by atoms with Gasteiger partial charge in [0, 0.05) is 11.0 Å². The minimum Gasteiger partial charge on any atom is -0.481 e. The highest BCUT2D eigenvalue weighted by molar-refractivity contribution is 9.10. The van der Waals surface area contributed by atoms with E-state index in [0.717, 1.165) is 0 Å². The van der Waals surface area contributed by atoms with Gasteiger partial charge < -0.3 is 5.11 Å². The van der Waals surface area contributed by atoms with E-state index in [1.165, 1.54) is 18.2 Å². The maximum Gasteiger partial charge on any atom is 0.310 e. The SMILES string of the molecule is O=C(O)C1(CNS(=O)(=O)c2ccc(Cl)c(Br)c2)CC1. The van der Waals surface area contributed by atoms with Crippen LogP contribution in [-0.2, 0) is 14.8 Å². The van der Waals surface area contributed by atoms with Crippen molar-refractivity contribution in [2.24, 2.45) is 5.41 Å². The zero-order chi connectivity index (χ0) is 14.3. The number of benzene rings is 1. The molecule has 2 rings (SSSR count). The molecule has 1 aromatic rings. The molecule has 0 aliphatic heterocycles. The lowest BCUT2D eigenvalue weighted by atomic mass is 10.1. The molecule has 0 aromatic heterocycles. The summed E-state index contributed by atoms with van der Waals surface area (Å²) in [6.45, 7) is -0.0923. The maximum absolute atomic E-state index is 12.0. The van der Waals surface area contributed by atoms with Crippen LogP contribution in [0.1, 0.15) is 12.8 Å². The fraction of sp³-hybridized carbons (Fsp3) is 0.364. The zero-order valence-electron chi connectivity index (χ0n) is 9.69. The third kappa shape index (κ3) is 3.10. The second kappa shape index (κ2) is 5.05. The molecular weight excluding hydrogens is 358 g/mol. The lowest BCUT2D eigenvalue weighted by Crippen LogP contribution is -2.34. The van der Waals surface area contributed by atoms with Gasteiger partial charge in [-0.05, 0) is 47.0 Å². The molecular formula is C11H11BrClNO4S. The summed E-state index contributed by atoms with van der Waals surface area (Å²) in [5, 5.41) is 9.40. The fourth-order valence-electron chi connectivity index (χ4n) is 1.58. The van der Waals surface area contributed by atoms with E-state index in [1.807, 2.05) is 0 Å². The molecule has 0 saturated heterocycles. The van der Waals surface area contributed by atoms with Crippen molar-refractivity contribution in [2.45, 2.75) is 17.7 Å². The molecule has 0 amide bonds. The van der Waals surface area contributed by atoms with Crippen LogP contribution in [0.25, 0.3) is 0 Å². The first-order chi connectivity index (χ1) is 8.77. The van der Waals surface area contributed by atoms with Gasteiger partial charge in [-0.15, -0.1) is 0 Å². The third-order valence-electron chi connectivity index (χ3n) is 3.11. The maximum atomic E-state index is 12.0. The van der Waals surface area contributed by atoms with Crippen molar-refractivity contribution in [3.8, 4) is 0 Å². The van der Waals surface area contributed by atoms with Crippen LogP contribution in [0.3, 0.4) is 0 Å². The predicted molar refractivity (Wildman–Crippen MR) is 73.6 cm³/mol. The third-order valence-corrected chi connectivity index (χ3v) is 5.72. The Morgan fingerprint density at radius 1 is 1.47 bits per heavy atom. The van der Waals surface area contributed by atoms with E-state index in [1.54, 1.807) is 0 Å². The molecule has 0 bridgehead atoms. The van der Waals surface area contributed by atoms with E-state index >= 15 is 0 Å². The molecule has 1 aliphatic rings. The van der Waals surface area contributed by atoms with Crippen molar-refractivity contribution in [3.05, 3.63) is 27.7 Å². The second-order valence-corrected chi connectivity index (χ2v) is 7.51. The molecule has 8 heteroatoms. The molecule has 104 valence electrons. The van der Waals surface area contributed by atoms with Crippen LogP contribution in [0.2, 0.25) is 5.02 Å². The normalized spacial score (nSPS) is 17.2. The van der Waals surface area contributed by atoms with Gasteiger partial charge >= 0.3 is 5.97 Å². The average Bonchev–Trinajstić information content (AvgIpc) is 3.11. The van der Waals surface area contributed by atoms with Crippen LogP contribution in [0.5, 0.6) is 0 Å². The van der Waals surface area contributed by atoms with Crippen LogP contribution in [-0.4, -0.2) is 26.0 Å². The highest BCUT2D eigenvalue weighted by Crippen LogP contribution is 2.45. The molecule has 2 N–H and O–H groups in total. The highest BCUT2D eigenvalue weighted by atomic mass is 79.9. The largest absolute Gasteiger partial charge is 0.481 e. The van der Waals surface area contributed by atoms with Gasteiger partial charge in [0.25, 0.3) is 0 Å². The molecule has 5 nitrogen and oxygen atoms in total. The second-order valence-electron chi connectivity index (χ2n) is 4.49. The number of sulfonamides is 1. The fourth-order valence-corrected chi connectivity index (χ4v) is 3.38. The molecule has 1 aliphatic carbocycles. The Hall–Kier alpha value is -0.630. The molecule has 0 radical (unpaired) electrons. The van der Waals surface area contributed by atoms with E-state index in [4.69, 9.17) is 16.7 Å². The van der Waals surface area contributed by atoms with Gasteiger partial charge in [-0.25, -0.2) is 13.1 Å². The van der Waals surface area contributed by atoms with Gasteiger partial charge in [0.2, 0.25) is 10.0 Å². The van der Waals surface area contributed by atoms with Crippen molar-refractivity contribution in [1.29, 1.82) is 0 Å². The molecule has 0 heterocycles. The molecule has 19 heavy (non-hydrogen) atoms. The Morgan fingerprint density at radius 3 is 2.58 bits per heavy atom. The lowest BCUT2D eigenvalue weighted by Gasteiger charge is -2.12. The monoisotopic (exact) mass is 367 g/mol. The van der Waals surface area contributed by atoms with Crippen LogP contribution >= 0.6 is 27.5 Å². The van der Waals surface area contributed by atoms with Gasteiger partial charge in [-0.3, -0.25) is 4.79 Å². The van der Waals surface area contributed by atoms with Crippen molar-refractivity contribution >= 4 is 43.5 Å². The summed E-state index contributed by atoms with van der Waals surface area (Å²) in [5.74, 6) is -0.965. The minimum absolute atomic E-state index is 0.0463. The molecule has 1 fully saturated rings. The van der Waals surface area contributed by atoms with Crippen LogP contribution in [0.4, 0.5) is 0 Å². The van der Waals surface area contributed by atoms with Gasteiger partial charge in [0.1, 0.15) is 0 Å². The van der Waals surface area contributed by atoms with Crippen molar-refractivity contribution in [1.82, 2.24) is 4.72 Å². The summed E-state index contributed by atoms with van der Waals surface area (Å²) in [6, 6.07) is 4.21. The number of nitrogens with one attached hydrogen (secondary N) is 1. The van der Waals surface area contributed by atoms with E-state index in [0.29, 0.717) is 22.3 Å². The number of rotatable bonds is 5. The highest BCUT2D eigenvalue weighted by Gasteiger charge is 2.50. The predicted octanol–water partition coefficient (Wildman–Crippen LogP) is 2.25. The van der Waals surface area contributed by atoms with Crippen molar-refractivity contribution < 1.29 is 18.3 Å². The van der Waals surface area contributed by atoms with Gasteiger partial charge in [-0.1, -0.05) is 11.6 Å². The topological polar surface area (TPSA) is 83.5 Å². The quantitative estimate of drug-likeness (QED) is 0.835. The van der Waals surface area contributed by atoms with Gasteiger partial charge in [0.15, 0.2) is 0 Å². The van der Waals surface area contributed by atoms with E-state index < -0.39 is 21.4 Å². The number of hydrogen-bond acceptors (Lipinski definition) is 3. The first kappa shape index (κ1) is 14.8. The number of halogens is 2. The smallest absolute Gasteiger partial charge is 0.310 e. The number of hydrogen-bond donors (Lipinski definition) is 2. The first-order valence-electron chi connectivity index (χ1n) is 5.45. The summed E-state index contributed by atoms with van der Waals surface area (Å²) in [6.07, 6.45) is 0.990. The minimum atomic E-state index is -3.73. The lowest BCUT2D eigenvalue weighted by molar-refractivity contribution is -0.143. The number of carboxylic acids is 1. The van der Waals surface area contributed by atoms with Crippen LogP contribution < -0.4 is 4.72 Å². The molecule has 0 unspecified atom stereocenters. The Morgan fingerprint density at radius 2 is 2.11 bits per heavy atom. The number of carboxylic acid groups (broad SMARTS) is 1. The van der Waals surface area contributed by atoms with Gasteiger partial charge in [0.05, 0.1) is 15.3 Å². The summed E-state index contributed by atoms with van der Waals surface area (Å²) in [7, 11) is -3.73. The summed E-state index contributed by atoms with van der Waals surface area (Å²) in [5.41, 5.74) is -0.934. The van der Waals surface area contributed by atoms with E-state index in [-0.39, 0.29) is 11.4 Å². The Balaban J connectivity index is 2.14. The Kier molecular flexibility index (Phi) is 3.92. The standard InChI is InChI=1S/C11H11BrClNO4S/c12-8-5-7(1-2-9(8)13)19(17,18)14-6-11(3-4-11)10(15)16/h1-2,5,14H,3-4,6H2,(H,15,16). The Labute approximate surface area is 124 Å². The van der Waals surface area contributed by atoms with E-state index in [9.17, 15) is 13.2 Å². The Bertz CT molecular complexity index is 628. The first-order valence-corrected chi connectivity index (χ1v) is 8.10. The van der Waals surface area contributed by atoms with E-state index in [2.05, 4.69) is 20.7 Å². The van der Waals surface area contributed by atoms with Crippen molar-refractivity contribution in [2.75, 3.05) is 6.54 Å². The number of carbonyl (C=O) groups is 1. The number of aliphatic carboxylic acids is 1. The van der Waals surface area contributed by atoms with Crippen LogP contribution in [0, 0.1) is 5.41 Å². The van der Waals surface area contributed by atoms with Crippen molar-refractivity contribution in [3.63, 3.8) is 0 Å². The summed E-state index contributed by atoms with van der Waals surface area (Å²) < 4.78 is 26.9.